The van der Waals surface area contributed by atoms with E-state index >= 15 is 0 Å². The second-order valence-corrected chi connectivity index (χ2v) is 7.27. The van der Waals surface area contributed by atoms with Gasteiger partial charge in [0, 0.05) is 38.3 Å². The normalized spacial score (nSPS) is 16.2. The van der Waals surface area contributed by atoms with E-state index in [1.165, 1.54) is 5.56 Å². The highest BCUT2D eigenvalue weighted by molar-refractivity contribution is 5.76. The Kier molecular flexibility index (Phi) is 5.84. The zero-order valence-corrected chi connectivity index (χ0v) is 16.5. The van der Waals surface area contributed by atoms with Crippen LogP contribution in [0.4, 0.5) is 0 Å². The molecule has 4 rings (SSSR count). The number of carbonyl (C=O) groups is 1. The zero-order valence-electron chi connectivity index (χ0n) is 16.5. The van der Waals surface area contributed by atoms with Crippen LogP contribution in [0, 0.1) is 5.92 Å². The Morgan fingerprint density at radius 1 is 1.28 bits per heavy atom. The predicted octanol–water partition coefficient (Wildman–Crippen LogP) is 3.16. The lowest BCUT2D eigenvalue weighted by Gasteiger charge is -2.16. The lowest BCUT2D eigenvalue weighted by atomic mass is 10.0. The van der Waals surface area contributed by atoms with Crippen LogP contribution in [0.1, 0.15) is 24.3 Å². The highest BCUT2D eigenvalue weighted by Crippen LogP contribution is 2.27. The number of ether oxygens (including phenoxy) is 1. The fourth-order valence-electron chi connectivity index (χ4n) is 3.75. The van der Waals surface area contributed by atoms with Crippen molar-refractivity contribution in [1.82, 2.24) is 20.0 Å². The van der Waals surface area contributed by atoms with E-state index in [-0.39, 0.29) is 5.91 Å². The molecule has 3 aromatic rings. The van der Waals surface area contributed by atoms with Crippen LogP contribution in [0.5, 0.6) is 5.75 Å². The Bertz CT molecular complexity index is 957. The lowest BCUT2D eigenvalue weighted by Crippen LogP contribution is -2.29. The van der Waals surface area contributed by atoms with Crippen molar-refractivity contribution in [2.75, 3.05) is 20.2 Å². The van der Waals surface area contributed by atoms with Crippen molar-refractivity contribution in [3.05, 3.63) is 60.2 Å². The number of pyridine rings is 1. The standard InChI is InChI=1S/C22H24N4O3/c1-28-19-7-3-2-6-18(19)22-24-20(29-25-22)8-9-21(27)26-12-10-17(15-26)13-16-5-4-11-23-14-16/h2-7,11,14,17H,8-10,12-13,15H2,1H3. The molecule has 7 heteroatoms. The lowest BCUT2D eigenvalue weighted by molar-refractivity contribution is -0.130. The van der Waals surface area contributed by atoms with Crippen LogP contribution in [-0.4, -0.2) is 46.1 Å². The van der Waals surface area contributed by atoms with Crippen molar-refractivity contribution in [3.63, 3.8) is 0 Å². The quantitative estimate of drug-likeness (QED) is 0.614. The number of carbonyl (C=O) groups excluding carboxylic acids is 1. The van der Waals surface area contributed by atoms with E-state index in [1.54, 1.807) is 13.3 Å². The van der Waals surface area contributed by atoms with E-state index in [4.69, 9.17) is 9.26 Å². The molecule has 7 nitrogen and oxygen atoms in total. The van der Waals surface area contributed by atoms with Gasteiger partial charge in [0.1, 0.15) is 5.75 Å². The maximum Gasteiger partial charge on any atom is 0.227 e. The number of nitrogens with zero attached hydrogens (tertiary/aromatic N) is 4. The summed E-state index contributed by atoms with van der Waals surface area (Å²) in [6, 6.07) is 11.6. The van der Waals surface area contributed by atoms with Crippen molar-refractivity contribution in [3.8, 4) is 17.1 Å². The molecule has 3 heterocycles. The first-order chi connectivity index (χ1) is 14.2. The number of likely N-dealkylation sites (tertiary alicyclic amines) is 1. The molecular weight excluding hydrogens is 368 g/mol. The Labute approximate surface area is 169 Å². The predicted molar refractivity (Wildman–Crippen MR) is 107 cm³/mol. The summed E-state index contributed by atoms with van der Waals surface area (Å²) in [5, 5.41) is 4.03. The van der Waals surface area contributed by atoms with Gasteiger partial charge < -0.3 is 14.2 Å². The van der Waals surface area contributed by atoms with Gasteiger partial charge >= 0.3 is 0 Å². The smallest absolute Gasteiger partial charge is 0.227 e. The molecule has 1 aromatic carbocycles. The van der Waals surface area contributed by atoms with Gasteiger partial charge in [0.15, 0.2) is 0 Å². The number of para-hydroxylation sites is 1. The van der Waals surface area contributed by atoms with E-state index < -0.39 is 0 Å². The summed E-state index contributed by atoms with van der Waals surface area (Å²) in [6.45, 7) is 1.60. The Morgan fingerprint density at radius 2 is 2.17 bits per heavy atom. The van der Waals surface area contributed by atoms with Gasteiger partial charge in [-0.1, -0.05) is 23.4 Å². The summed E-state index contributed by atoms with van der Waals surface area (Å²) in [4.78, 5) is 23.1. The second kappa shape index (κ2) is 8.86. The minimum atomic E-state index is 0.135. The highest BCUT2D eigenvalue weighted by atomic mass is 16.5. The molecule has 0 bridgehead atoms. The SMILES string of the molecule is COc1ccccc1-c1noc(CCC(=O)N2CCC(Cc3cccnc3)C2)n1. The molecule has 0 radical (unpaired) electrons. The number of aromatic nitrogens is 3. The van der Waals surface area contributed by atoms with E-state index in [2.05, 4.69) is 21.2 Å². The third-order valence-corrected chi connectivity index (χ3v) is 5.25. The molecule has 0 N–H and O–H groups in total. The number of methoxy groups -OCH3 is 1. The van der Waals surface area contributed by atoms with Gasteiger partial charge in [0.2, 0.25) is 17.6 Å². The van der Waals surface area contributed by atoms with Crippen molar-refractivity contribution in [2.24, 2.45) is 5.92 Å². The van der Waals surface area contributed by atoms with Crippen LogP contribution in [0.15, 0.2) is 53.3 Å². The van der Waals surface area contributed by atoms with Crippen LogP contribution < -0.4 is 4.74 Å². The first-order valence-electron chi connectivity index (χ1n) is 9.85. The summed E-state index contributed by atoms with van der Waals surface area (Å²) in [6.07, 6.45) is 6.48. The van der Waals surface area contributed by atoms with Gasteiger partial charge in [0.25, 0.3) is 0 Å². The summed E-state index contributed by atoms with van der Waals surface area (Å²) >= 11 is 0. The molecule has 1 unspecified atom stereocenters. The van der Waals surface area contributed by atoms with Gasteiger partial charge in [-0.25, -0.2) is 0 Å². The fourth-order valence-corrected chi connectivity index (χ4v) is 3.75. The van der Waals surface area contributed by atoms with Gasteiger partial charge in [-0.15, -0.1) is 0 Å². The number of hydrogen-bond donors (Lipinski definition) is 0. The Morgan fingerprint density at radius 3 is 3.00 bits per heavy atom. The van der Waals surface area contributed by atoms with Crippen LogP contribution in [0.2, 0.25) is 0 Å². The van der Waals surface area contributed by atoms with E-state index in [1.807, 2.05) is 41.4 Å². The summed E-state index contributed by atoms with van der Waals surface area (Å²) < 4.78 is 10.7. The molecule has 0 aliphatic carbocycles. The maximum absolute atomic E-state index is 12.6. The molecule has 1 amide bonds. The maximum atomic E-state index is 12.6. The van der Waals surface area contributed by atoms with Crippen LogP contribution in [0.3, 0.4) is 0 Å². The Balaban J connectivity index is 1.30. The van der Waals surface area contributed by atoms with Crippen LogP contribution in [0.25, 0.3) is 11.4 Å². The number of hydrogen-bond acceptors (Lipinski definition) is 6. The minimum absolute atomic E-state index is 0.135. The van der Waals surface area contributed by atoms with Gasteiger partial charge in [-0.2, -0.15) is 4.98 Å². The molecule has 1 aliphatic heterocycles. The molecule has 0 saturated carbocycles. The Hall–Kier alpha value is -3.22. The molecule has 1 saturated heterocycles. The number of benzene rings is 1. The van der Waals surface area contributed by atoms with Gasteiger partial charge in [-0.3, -0.25) is 9.78 Å². The summed E-state index contributed by atoms with van der Waals surface area (Å²) in [5.41, 5.74) is 2.00. The minimum Gasteiger partial charge on any atom is -0.496 e. The molecule has 0 spiro atoms. The third-order valence-electron chi connectivity index (χ3n) is 5.25. The number of amides is 1. The second-order valence-electron chi connectivity index (χ2n) is 7.27. The summed E-state index contributed by atoms with van der Waals surface area (Å²) in [5.74, 6) is 2.25. The average molecular weight is 392 g/mol. The highest BCUT2D eigenvalue weighted by Gasteiger charge is 2.26. The van der Waals surface area contributed by atoms with Crippen molar-refractivity contribution in [2.45, 2.75) is 25.7 Å². The van der Waals surface area contributed by atoms with E-state index in [0.717, 1.165) is 31.5 Å². The largest absolute Gasteiger partial charge is 0.496 e. The first kappa shape index (κ1) is 19.1. The number of aryl methyl sites for hydroxylation is 1. The van der Waals surface area contributed by atoms with Crippen LogP contribution >= 0.6 is 0 Å². The third kappa shape index (κ3) is 4.62. The van der Waals surface area contributed by atoms with Gasteiger partial charge in [-0.05, 0) is 42.5 Å². The molecule has 2 aromatic heterocycles. The van der Waals surface area contributed by atoms with Crippen LogP contribution in [-0.2, 0) is 17.6 Å². The topological polar surface area (TPSA) is 81.4 Å². The average Bonchev–Trinajstić information content (AvgIpc) is 3.42. The summed E-state index contributed by atoms with van der Waals surface area (Å²) in [7, 11) is 1.61. The monoisotopic (exact) mass is 392 g/mol. The zero-order chi connectivity index (χ0) is 20.1. The fraction of sp³-hybridized carbons (Fsp3) is 0.364. The van der Waals surface area contributed by atoms with E-state index in [0.29, 0.717) is 36.2 Å². The molecule has 1 fully saturated rings. The van der Waals surface area contributed by atoms with Crippen molar-refractivity contribution in [1.29, 1.82) is 0 Å². The molecular formula is C22H24N4O3. The molecule has 1 atom stereocenters. The van der Waals surface area contributed by atoms with Gasteiger partial charge in [0.05, 0.1) is 12.7 Å². The number of rotatable bonds is 7. The van der Waals surface area contributed by atoms with E-state index in [9.17, 15) is 4.79 Å². The van der Waals surface area contributed by atoms with Crippen molar-refractivity contribution >= 4 is 5.91 Å². The molecule has 1 aliphatic rings. The van der Waals surface area contributed by atoms with Crippen molar-refractivity contribution < 1.29 is 14.1 Å². The molecule has 150 valence electrons. The first-order valence-corrected chi connectivity index (χ1v) is 9.85. The molecule has 29 heavy (non-hydrogen) atoms.